The Kier molecular flexibility index (Phi) is 5.91. The quantitative estimate of drug-likeness (QED) is 0.719. The number of carboxylic acid groups (broad SMARTS) is 1. The molecule has 168 valence electrons. The molecule has 2 aromatic rings. The van der Waals surface area contributed by atoms with E-state index in [-0.39, 0.29) is 12.5 Å². The number of carbonyl (C=O) groups is 3. The molecule has 7 heteroatoms. The number of benzene rings is 2. The van der Waals surface area contributed by atoms with Gasteiger partial charge < -0.3 is 20.1 Å². The number of fused-ring (bicyclic) bond motifs is 3. The Balaban J connectivity index is 1.45. The Bertz CT molecular complexity index is 1010. The molecule has 1 aliphatic heterocycles. The molecule has 0 aromatic heterocycles. The topological polar surface area (TPSA) is 95.9 Å². The van der Waals surface area contributed by atoms with Crippen LogP contribution in [0.5, 0.6) is 0 Å². The maximum atomic E-state index is 13.1. The SMILES string of the molecule is CCC(C)(NC(=O)OCC1c2ccccc2-c2ccccc21)C(=O)N1CCC[C@@H]1C(=O)O. The molecule has 1 fully saturated rings. The standard InChI is InChI=1S/C25H28N2O5/c1-3-25(2,23(30)27-14-8-13-21(27)22(28)29)26-24(31)32-15-20-18-11-6-4-9-16(18)17-10-5-7-12-19(17)20/h4-7,9-12,20-21H,3,8,13-15H2,1-2H3,(H,26,31)(H,28,29)/t21-,25?/m1/s1. The van der Waals surface area contributed by atoms with E-state index in [1.54, 1.807) is 13.8 Å². The number of carbonyl (C=O) groups excluding carboxylic acids is 2. The van der Waals surface area contributed by atoms with Crippen LogP contribution >= 0.6 is 0 Å². The van der Waals surface area contributed by atoms with Crippen molar-refractivity contribution < 1.29 is 24.2 Å². The number of rotatable bonds is 6. The lowest BCUT2D eigenvalue weighted by Crippen LogP contribution is -2.59. The molecular weight excluding hydrogens is 408 g/mol. The lowest BCUT2D eigenvalue weighted by molar-refractivity contribution is -0.150. The van der Waals surface area contributed by atoms with E-state index in [9.17, 15) is 19.5 Å². The first-order chi connectivity index (χ1) is 15.4. The highest BCUT2D eigenvalue weighted by Gasteiger charge is 2.43. The van der Waals surface area contributed by atoms with Gasteiger partial charge in [-0.25, -0.2) is 9.59 Å². The number of ether oxygens (including phenoxy) is 1. The maximum absolute atomic E-state index is 13.1. The van der Waals surface area contributed by atoms with E-state index in [0.29, 0.717) is 25.8 Å². The Hall–Kier alpha value is -3.35. The summed E-state index contributed by atoms with van der Waals surface area (Å²) < 4.78 is 5.59. The molecule has 7 nitrogen and oxygen atoms in total. The zero-order valence-electron chi connectivity index (χ0n) is 18.3. The van der Waals surface area contributed by atoms with Gasteiger partial charge in [0, 0.05) is 12.5 Å². The minimum atomic E-state index is -1.24. The summed E-state index contributed by atoms with van der Waals surface area (Å²) in [7, 11) is 0. The predicted octanol–water partition coefficient (Wildman–Crippen LogP) is 3.77. The van der Waals surface area contributed by atoms with Crippen molar-refractivity contribution in [3.63, 3.8) is 0 Å². The van der Waals surface area contributed by atoms with E-state index in [1.807, 2.05) is 36.4 Å². The van der Waals surface area contributed by atoms with Crippen molar-refractivity contribution in [2.24, 2.45) is 0 Å². The third kappa shape index (κ3) is 3.83. The van der Waals surface area contributed by atoms with Crippen LogP contribution in [0.2, 0.25) is 0 Å². The van der Waals surface area contributed by atoms with Crippen molar-refractivity contribution in [3.8, 4) is 11.1 Å². The van der Waals surface area contributed by atoms with Gasteiger partial charge in [-0.05, 0) is 48.4 Å². The lowest BCUT2D eigenvalue weighted by Gasteiger charge is -2.34. The molecular formula is C25H28N2O5. The van der Waals surface area contributed by atoms with Crippen molar-refractivity contribution in [2.75, 3.05) is 13.2 Å². The summed E-state index contributed by atoms with van der Waals surface area (Å²) in [4.78, 5) is 38.7. The summed E-state index contributed by atoms with van der Waals surface area (Å²) in [6.07, 6.45) is 0.689. The molecule has 2 aromatic carbocycles. The minimum Gasteiger partial charge on any atom is -0.480 e. The molecule has 0 spiro atoms. The van der Waals surface area contributed by atoms with Gasteiger partial charge in [0.15, 0.2) is 0 Å². The number of alkyl carbamates (subject to hydrolysis) is 1. The van der Waals surface area contributed by atoms with Gasteiger partial charge in [0.1, 0.15) is 18.2 Å². The van der Waals surface area contributed by atoms with Crippen LogP contribution < -0.4 is 5.32 Å². The van der Waals surface area contributed by atoms with Crippen molar-refractivity contribution in [2.45, 2.75) is 50.6 Å². The first kappa shape index (κ1) is 21.9. The van der Waals surface area contributed by atoms with Gasteiger partial charge in [-0.2, -0.15) is 0 Å². The smallest absolute Gasteiger partial charge is 0.408 e. The summed E-state index contributed by atoms with van der Waals surface area (Å²) in [5.41, 5.74) is 3.26. The molecule has 2 N–H and O–H groups in total. The highest BCUT2D eigenvalue weighted by molar-refractivity contribution is 5.92. The average molecular weight is 437 g/mol. The third-order valence-corrected chi connectivity index (χ3v) is 6.70. The largest absolute Gasteiger partial charge is 0.480 e. The Morgan fingerprint density at radius 3 is 2.25 bits per heavy atom. The van der Waals surface area contributed by atoms with Crippen LogP contribution in [0.4, 0.5) is 4.79 Å². The molecule has 32 heavy (non-hydrogen) atoms. The summed E-state index contributed by atoms with van der Waals surface area (Å²) in [5.74, 6) is -1.49. The molecule has 0 radical (unpaired) electrons. The van der Waals surface area contributed by atoms with E-state index in [0.717, 1.165) is 22.3 Å². The van der Waals surface area contributed by atoms with Crippen molar-refractivity contribution >= 4 is 18.0 Å². The summed E-state index contributed by atoms with van der Waals surface area (Å²) >= 11 is 0. The number of nitrogens with one attached hydrogen (secondary N) is 1. The number of hydrogen-bond acceptors (Lipinski definition) is 4. The fraction of sp³-hybridized carbons (Fsp3) is 0.400. The number of carboxylic acids is 1. The van der Waals surface area contributed by atoms with Crippen molar-refractivity contribution in [1.82, 2.24) is 10.2 Å². The molecule has 0 bridgehead atoms. The minimum absolute atomic E-state index is 0.0771. The van der Waals surface area contributed by atoms with E-state index in [1.165, 1.54) is 4.90 Å². The van der Waals surface area contributed by atoms with Gasteiger partial charge in [0.05, 0.1) is 0 Å². The molecule has 0 saturated carbocycles. The average Bonchev–Trinajstić information content (AvgIpc) is 3.40. The molecule has 1 heterocycles. The van der Waals surface area contributed by atoms with Crippen LogP contribution in [-0.4, -0.2) is 52.7 Å². The Morgan fingerprint density at radius 2 is 1.69 bits per heavy atom. The third-order valence-electron chi connectivity index (χ3n) is 6.70. The van der Waals surface area contributed by atoms with Gasteiger partial charge in [-0.3, -0.25) is 4.79 Å². The molecule has 1 saturated heterocycles. The van der Waals surface area contributed by atoms with Gasteiger partial charge in [-0.1, -0.05) is 55.5 Å². The van der Waals surface area contributed by atoms with Crippen LogP contribution in [0.3, 0.4) is 0 Å². The van der Waals surface area contributed by atoms with Gasteiger partial charge >= 0.3 is 12.1 Å². The summed E-state index contributed by atoms with van der Waals surface area (Å²) in [5, 5.41) is 12.1. The number of hydrogen-bond donors (Lipinski definition) is 2. The van der Waals surface area contributed by atoms with Crippen LogP contribution in [-0.2, 0) is 14.3 Å². The van der Waals surface area contributed by atoms with Gasteiger partial charge in [0.2, 0.25) is 5.91 Å². The molecule has 1 unspecified atom stereocenters. The second kappa shape index (κ2) is 8.65. The van der Waals surface area contributed by atoms with Crippen LogP contribution in [0.25, 0.3) is 11.1 Å². The second-order valence-electron chi connectivity index (χ2n) is 8.63. The number of nitrogens with zero attached hydrogens (tertiary/aromatic N) is 1. The number of aliphatic carboxylic acids is 1. The normalized spacial score (nSPS) is 19.1. The van der Waals surface area contributed by atoms with Crippen LogP contribution in [0.15, 0.2) is 48.5 Å². The molecule has 2 amide bonds. The van der Waals surface area contributed by atoms with Crippen molar-refractivity contribution in [3.05, 3.63) is 59.7 Å². The molecule has 2 atom stereocenters. The maximum Gasteiger partial charge on any atom is 0.408 e. The second-order valence-corrected chi connectivity index (χ2v) is 8.63. The highest BCUT2D eigenvalue weighted by atomic mass is 16.5. The van der Waals surface area contributed by atoms with E-state index in [2.05, 4.69) is 17.4 Å². The van der Waals surface area contributed by atoms with Crippen molar-refractivity contribution in [1.29, 1.82) is 0 Å². The van der Waals surface area contributed by atoms with Gasteiger partial charge in [0.25, 0.3) is 0 Å². The van der Waals surface area contributed by atoms with Gasteiger partial charge in [-0.15, -0.1) is 0 Å². The number of amides is 2. The van der Waals surface area contributed by atoms with E-state index < -0.39 is 29.6 Å². The fourth-order valence-electron chi connectivity index (χ4n) is 4.74. The fourth-order valence-corrected chi connectivity index (χ4v) is 4.74. The first-order valence-corrected chi connectivity index (χ1v) is 11.0. The zero-order chi connectivity index (χ0) is 22.9. The Labute approximate surface area is 187 Å². The monoisotopic (exact) mass is 436 g/mol. The molecule has 1 aliphatic carbocycles. The van der Waals surface area contributed by atoms with Crippen LogP contribution in [0, 0.1) is 0 Å². The van der Waals surface area contributed by atoms with E-state index >= 15 is 0 Å². The first-order valence-electron chi connectivity index (χ1n) is 11.0. The summed E-state index contributed by atoms with van der Waals surface area (Å²) in [6.45, 7) is 3.93. The Morgan fingerprint density at radius 1 is 1.09 bits per heavy atom. The number of likely N-dealkylation sites (tertiary alicyclic amines) is 1. The predicted molar refractivity (Wildman–Crippen MR) is 119 cm³/mol. The highest BCUT2D eigenvalue weighted by Crippen LogP contribution is 2.44. The molecule has 4 rings (SSSR count). The lowest BCUT2D eigenvalue weighted by atomic mass is 9.96. The molecule has 2 aliphatic rings. The van der Waals surface area contributed by atoms with Crippen LogP contribution in [0.1, 0.15) is 50.2 Å². The van der Waals surface area contributed by atoms with E-state index in [4.69, 9.17) is 4.74 Å². The zero-order valence-corrected chi connectivity index (χ0v) is 18.3. The summed E-state index contributed by atoms with van der Waals surface area (Å²) in [6, 6.07) is 15.3.